The molecule has 0 aliphatic heterocycles. The Bertz CT molecular complexity index is 483. The second kappa shape index (κ2) is 8.26. The second-order valence-corrected chi connectivity index (χ2v) is 6.12. The molecular formula is C16H24N2O4. The van der Waals surface area contributed by atoms with Crippen LogP contribution in [-0.2, 0) is 11.2 Å². The molecule has 0 heterocycles. The Labute approximate surface area is 130 Å². The predicted octanol–water partition coefficient (Wildman–Crippen LogP) is 2.64. The molecule has 1 atom stereocenters. The highest BCUT2D eigenvalue weighted by molar-refractivity contribution is 5.67. The lowest BCUT2D eigenvalue weighted by Gasteiger charge is -2.22. The van der Waals surface area contributed by atoms with E-state index in [0.29, 0.717) is 13.0 Å². The van der Waals surface area contributed by atoms with Gasteiger partial charge in [-0.2, -0.15) is 0 Å². The van der Waals surface area contributed by atoms with E-state index in [4.69, 9.17) is 9.84 Å². The first-order chi connectivity index (χ1) is 10.3. The summed E-state index contributed by atoms with van der Waals surface area (Å²) in [6.07, 6.45) is -0.909. The maximum Gasteiger partial charge on any atom is 0.407 e. The molecule has 2 amide bonds. The van der Waals surface area contributed by atoms with Gasteiger partial charge in [0.05, 0.1) is 0 Å². The van der Waals surface area contributed by atoms with Crippen molar-refractivity contribution in [2.75, 3.05) is 13.1 Å². The van der Waals surface area contributed by atoms with Gasteiger partial charge in [-0.1, -0.05) is 30.3 Å². The van der Waals surface area contributed by atoms with Crippen molar-refractivity contribution in [2.24, 2.45) is 5.92 Å². The zero-order chi connectivity index (χ0) is 16.6. The Balaban J connectivity index is 2.54. The smallest absolute Gasteiger partial charge is 0.407 e. The molecule has 22 heavy (non-hydrogen) atoms. The van der Waals surface area contributed by atoms with Gasteiger partial charge in [-0.15, -0.1) is 0 Å². The van der Waals surface area contributed by atoms with Crippen molar-refractivity contribution in [3.63, 3.8) is 0 Å². The standard InChI is InChI=1S/C16H24N2O4/c1-16(2,3)22-15(21)18-11-13(10-17-14(19)20)9-12-7-5-4-6-8-12/h4-8,13,17H,9-11H2,1-3H3,(H,18,21)(H,19,20). The highest BCUT2D eigenvalue weighted by atomic mass is 16.6. The Hall–Kier alpha value is -2.24. The van der Waals surface area contributed by atoms with Crippen LogP contribution in [0.3, 0.4) is 0 Å². The summed E-state index contributed by atoms with van der Waals surface area (Å²) in [7, 11) is 0. The highest BCUT2D eigenvalue weighted by Gasteiger charge is 2.18. The number of carboxylic acid groups (broad SMARTS) is 1. The largest absolute Gasteiger partial charge is 0.465 e. The monoisotopic (exact) mass is 308 g/mol. The van der Waals surface area contributed by atoms with E-state index in [9.17, 15) is 9.59 Å². The summed E-state index contributed by atoms with van der Waals surface area (Å²) in [5.41, 5.74) is 0.531. The predicted molar refractivity (Wildman–Crippen MR) is 83.9 cm³/mol. The number of carbonyl (C=O) groups excluding carboxylic acids is 1. The van der Waals surface area contributed by atoms with Crippen molar-refractivity contribution in [1.29, 1.82) is 0 Å². The number of carbonyl (C=O) groups is 2. The Kier molecular flexibility index (Phi) is 6.69. The minimum Gasteiger partial charge on any atom is -0.465 e. The number of amides is 2. The van der Waals surface area contributed by atoms with Gasteiger partial charge in [0.2, 0.25) is 0 Å². The lowest BCUT2D eigenvalue weighted by molar-refractivity contribution is 0.0519. The summed E-state index contributed by atoms with van der Waals surface area (Å²) < 4.78 is 5.18. The van der Waals surface area contributed by atoms with Gasteiger partial charge in [0.25, 0.3) is 0 Å². The number of benzene rings is 1. The van der Waals surface area contributed by atoms with Gasteiger partial charge >= 0.3 is 12.2 Å². The van der Waals surface area contributed by atoms with Gasteiger partial charge in [-0.05, 0) is 38.7 Å². The fourth-order valence-electron chi connectivity index (χ4n) is 1.94. The van der Waals surface area contributed by atoms with E-state index in [0.717, 1.165) is 5.56 Å². The molecule has 122 valence electrons. The third-order valence-corrected chi connectivity index (χ3v) is 2.84. The Morgan fingerprint density at radius 3 is 2.27 bits per heavy atom. The molecular weight excluding hydrogens is 284 g/mol. The minimum atomic E-state index is -1.07. The molecule has 1 rings (SSSR count). The molecule has 0 aliphatic carbocycles. The summed E-state index contributed by atoms with van der Waals surface area (Å²) in [5, 5.41) is 13.8. The van der Waals surface area contributed by atoms with E-state index >= 15 is 0 Å². The molecule has 0 aromatic heterocycles. The Morgan fingerprint density at radius 2 is 1.73 bits per heavy atom. The average Bonchev–Trinajstić information content (AvgIpc) is 2.41. The van der Waals surface area contributed by atoms with Crippen LogP contribution in [-0.4, -0.2) is 36.0 Å². The lowest BCUT2D eigenvalue weighted by Crippen LogP contribution is -2.39. The molecule has 1 aromatic rings. The molecule has 0 saturated carbocycles. The van der Waals surface area contributed by atoms with E-state index in [-0.39, 0.29) is 12.5 Å². The van der Waals surface area contributed by atoms with Crippen molar-refractivity contribution < 1.29 is 19.4 Å². The molecule has 3 N–H and O–H groups in total. The van der Waals surface area contributed by atoms with E-state index in [1.807, 2.05) is 30.3 Å². The van der Waals surface area contributed by atoms with Crippen LogP contribution in [0.2, 0.25) is 0 Å². The fourth-order valence-corrected chi connectivity index (χ4v) is 1.94. The first-order valence-corrected chi connectivity index (χ1v) is 7.24. The molecule has 6 heteroatoms. The SMILES string of the molecule is CC(C)(C)OC(=O)NCC(CNC(=O)O)Cc1ccccc1. The summed E-state index contributed by atoms with van der Waals surface area (Å²) in [5.74, 6) is -0.0500. The first kappa shape index (κ1) is 17.8. The molecule has 1 unspecified atom stereocenters. The maximum atomic E-state index is 11.7. The average molecular weight is 308 g/mol. The zero-order valence-corrected chi connectivity index (χ0v) is 13.3. The van der Waals surface area contributed by atoms with Crippen molar-refractivity contribution in [1.82, 2.24) is 10.6 Å². The summed E-state index contributed by atoms with van der Waals surface area (Å²) in [4.78, 5) is 22.3. The van der Waals surface area contributed by atoms with E-state index in [1.165, 1.54) is 0 Å². The van der Waals surface area contributed by atoms with Crippen LogP contribution in [0.5, 0.6) is 0 Å². The zero-order valence-electron chi connectivity index (χ0n) is 13.3. The third-order valence-electron chi connectivity index (χ3n) is 2.84. The molecule has 0 radical (unpaired) electrons. The van der Waals surface area contributed by atoms with E-state index in [1.54, 1.807) is 20.8 Å². The number of ether oxygens (including phenoxy) is 1. The molecule has 6 nitrogen and oxygen atoms in total. The molecule has 1 aromatic carbocycles. The lowest BCUT2D eigenvalue weighted by atomic mass is 9.99. The fraction of sp³-hybridized carbons (Fsp3) is 0.500. The molecule has 0 saturated heterocycles. The third kappa shape index (κ3) is 8.14. The summed E-state index contributed by atoms with van der Waals surface area (Å²) >= 11 is 0. The first-order valence-electron chi connectivity index (χ1n) is 7.24. The molecule has 0 spiro atoms. The topological polar surface area (TPSA) is 87.7 Å². The molecule has 0 fully saturated rings. The number of alkyl carbamates (subject to hydrolysis) is 1. The van der Waals surface area contributed by atoms with Crippen LogP contribution in [0.4, 0.5) is 9.59 Å². The minimum absolute atomic E-state index is 0.0500. The van der Waals surface area contributed by atoms with Crippen LogP contribution in [0, 0.1) is 5.92 Å². The van der Waals surface area contributed by atoms with Gasteiger partial charge in [0.1, 0.15) is 5.60 Å². The summed E-state index contributed by atoms with van der Waals surface area (Å²) in [6.45, 7) is 5.98. The number of rotatable bonds is 6. The van der Waals surface area contributed by atoms with Crippen molar-refractivity contribution >= 4 is 12.2 Å². The quantitative estimate of drug-likeness (QED) is 0.754. The van der Waals surface area contributed by atoms with Gasteiger partial charge in [-0.25, -0.2) is 9.59 Å². The van der Waals surface area contributed by atoms with E-state index < -0.39 is 17.8 Å². The van der Waals surface area contributed by atoms with Gasteiger partial charge in [0, 0.05) is 13.1 Å². The van der Waals surface area contributed by atoms with Gasteiger partial charge in [-0.3, -0.25) is 0 Å². The van der Waals surface area contributed by atoms with Crippen LogP contribution in [0.1, 0.15) is 26.3 Å². The van der Waals surface area contributed by atoms with Gasteiger partial charge in [0.15, 0.2) is 0 Å². The molecule has 0 bridgehead atoms. The van der Waals surface area contributed by atoms with Crippen LogP contribution >= 0.6 is 0 Å². The normalized spacial score (nSPS) is 12.3. The van der Waals surface area contributed by atoms with Crippen molar-refractivity contribution in [3.8, 4) is 0 Å². The number of hydrogen-bond acceptors (Lipinski definition) is 3. The number of nitrogens with one attached hydrogen (secondary N) is 2. The Morgan fingerprint density at radius 1 is 1.14 bits per heavy atom. The summed E-state index contributed by atoms with van der Waals surface area (Å²) in [6, 6.07) is 9.73. The van der Waals surface area contributed by atoms with Crippen LogP contribution in [0.25, 0.3) is 0 Å². The number of hydrogen-bond donors (Lipinski definition) is 3. The maximum absolute atomic E-state index is 11.7. The van der Waals surface area contributed by atoms with Crippen molar-refractivity contribution in [3.05, 3.63) is 35.9 Å². The van der Waals surface area contributed by atoms with Crippen LogP contribution in [0.15, 0.2) is 30.3 Å². The second-order valence-electron chi connectivity index (χ2n) is 6.12. The van der Waals surface area contributed by atoms with Crippen molar-refractivity contribution in [2.45, 2.75) is 32.8 Å². The van der Waals surface area contributed by atoms with Crippen LogP contribution < -0.4 is 10.6 Å². The highest BCUT2D eigenvalue weighted by Crippen LogP contribution is 2.09. The molecule has 0 aliphatic rings. The van der Waals surface area contributed by atoms with Gasteiger partial charge < -0.3 is 20.5 Å². The van der Waals surface area contributed by atoms with E-state index in [2.05, 4.69) is 10.6 Å².